The Morgan fingerprint density at radius 2 is 2.25 bits per heavy atom. The third kappa shape index (κ3) is 3.00. The van der Waals surface area contributed by atoms with E-state index in [1.165, 1.54) is 6.42 Å². The predicted molar refractivity (Wildman–Crippen MR) is 83.3 cm³/mol. The van der Waals surface area contributed by atoms with Crippen molar-refractivity contribution in [1.82, 2.24) is 14.9 Å². The van der Waals surface area contributed by atoms with Crippen LogP contribution in [0.25, 0.3) is 11.3 Å². The Bertz CT molecular complexity index is 589. The van der Waals surface area contributed by atoms with Crippen LogP contribution in [0.15, 0.2) is 30.7 Å². The summed E-state index contributed by atoms with van der Waals surface area (Å²) in [7, 11) is 0. The van der Waals surface area contributed by atoms with Crippen molar-refractivity contribution in [3.63, 3.8) is 0 Å². The molecule has 2 aromatic rings. The number of nitrogens with zero attached hydrogens (tertiary/aromatic N) is 2. The topological polar surface area (TPSA) is 29.9 Å². The largest absolute Gasteiger partial charge is 0.331 e. The summed E-state index contributed by atoms with van der Waals surface area (Å²) in [6, 6.07) is 5.53. The van der Waals surface area contributed by atoms with Gasteiger partial charge in [-0.2, -0.15) is 0 Å². The lowest BCUT2D eigenvalue weighted by molar-refractivity contribution is 0.481. The lowest BCUT2D eigenvalue weighted by Crippen LogP contribution is -2.11. The Balaban J connectivity index is 1.80. The fraction of sp³-hybridized carbons (Fsp3) is 0.400. The van der Waals surface area contributed by atoms with Gasteiger partial charge in [0.05, 0.1) is 23.2 Å². The van der Waals surface area contributed by atoms with E-state index in [0.29, 0.717) is 10.0 Å². The van der Waals surface area contributed by atoms with Crippen LogP contribution in [0.2, 0.25) is 10.0 Å². The first-order valence-corrected chi connectivity index (χ1v) is 7.66. The molecule has 1 saturated heterocycles. The first-order chi connectivity index (χ1) is 9.74. The fourth-order valence-corrected chi connectivity index (χ4v) is 3.09. The van der Waals surface area contributed by atoms with Gasteiger partial charge in [-0.3, -0.25) is 0 Å². The highest BCUT2D eigenvalue weighted by atomic mass is 35.5. The minimum absolute atomic E-state index is 0.692. The van der Waals surface area contributed by atoms with Gasteiger partial charge in [0.2, 0.25) is 0 Å². The van der Waals surface area contributed by atoms with E-state index >= 15 is 0 Å². The zero-order valence-electron chi connectivity index (χ0n) is 11.1. The number of rotatable bonds is 4. The van der Waals surface area contributed by atoms with Gasteiger partial charge in [0.15, 0.2) is 0 Å². The van der Waals surface area contributed by atoms with E-state index < -0.39 is 0 Å². The Morgan fingerprint density at radius 3 is 3.05 bits per heavy atom. The van der Waals surface area contributed by atoms with Crippen molar-refractivity contribution in [2.24, 2.45) is 5.92 Å². The van der Waals surface area contributed by atoms with Gasteiger partial charge in [-0.15, -0.1) is 0 Å². The number of nitrogens with one attached hydrogen (secondary N) is 1. The smallest absolute Gasteiger partial charge is 0.0950 e. The Hall–Kier alpha value is -1.03. The second-order valence-corrected chi connectivity index (χ2v) is 6.09. The highest BCUT2D eigenvalue weighted by Gasteiger charge is 2.15. The average Bonchev–Trinajstić information content (AvgIpc) is 3.09. The molecule has 1 aromatic carbocycles. The van der Waals surface area contributed by atoms with Gasteiger partial charge in [-0.1, -0.05) is 23.2 Å². The average molecular weight is 310 g/mol. The van der Waals surface area contributed by atoms with Crippen LogP contribution in [-0.2, 0) is 6.54 Å². The summed E-state index contributed by atoms with van der Waals surface area (Å²) >= 11 is 12.3. The zero-order chi connectivity index (χ0) is 13.9. The molecule has 0 radical (unpaired) electrons. The van der Waals surface area contributed by atoms with E-state index in [1.54, 1.807) is 6.07 Å². The van der Waals surface area contributed by atoms with Crippen molar-refractivity contribution in [2.45, 2.75) is 19.4 Å². The van der Waals surface area contributed by atoms with Crippen LogP contribution < -0.4 is 5.32 Å². The molecule has 0 aliphatic carbocycles. The van der Waals surface area contributed by atoms with Crippen LogP contribution in [0.3, 0.4) is 0 Å². The maximum Gasteiger partial charge on any atom is 0.0950 e. The van der Waals surface area contributed by atoms with Gasteiger partial charge in [0, 0.05) is 17.1 Å². The standard InChI is InChI=1S/C15H17Cl2N3/c16-12-1-2-14(17)13(7-12)15-9-19-10-20(15)6-4-11-3-5-18-8-11/h1-2,7,9-11,18H,3-6,8H2. The summed E-state index contributed by atoms with van der Waals surface area (Å²) in [6.45, 7) is 3.23. The quantitative estimate of drug-likeness (QED) is 0.929. The molecule has 0 saturated carbocycles. The number of aromatic nitrogens is 2. The van der Waals surface area contributed by atoms with Crippen molar-refractivity contribution in [3.05, 3.63) is 40.8 Å². The highest BCUT2D eigenvalue weighted by molar-refractivity contribution is 6.35. The first kappa shape index (κ1) is 13.9. The molecule has 0 bridgehead atoms. The van der Waals surface area contributed by atoms with Crippen molar-refractivity contribution >= 4 is 23.2 Å². The van der Waals surface area contributed by atoms with Crippen molar-refractivity contribution < 1.29 is 0 Å². The second kappa shape index (κ2) is 6.17. The van der Waals surface area contributed by atoms with Crippen LogP contribution in [0, 0.1) is 5.92 Å². The summed E-state index contributed by atoms with van der Waals surface area (Å²) < 4.78 is 2.16. The number of imidazole rings is 1. The summed E-state index contributed by atoms with van der Waals surface area (Å²) in [5.41, 5.74) is 1.98. The van der Waals surface area contributed by atoms with E-state index in [2.05, 4.69) is 14.9 Å². The van der Waals surface area contributed by atoms with Crippen molar-refractivity contribution in [3.8, 4) is 11.3 Å². The first-order valence-electron chi connectivity index (χ1n) is 6.90. The summed E-state index contributed by atoms with van der Waals surface area (Å²) in [6.07, 6.45) is 6.15. The third-order valence-corrected chi connectivity index (χ3v) is 4.42. The lowest BCUT2D eigenvalue weighted by atomic mass is 10.1. The molecule has 106 valence electrons. The minimum atomic E-state index is 0.692. The van der Waals surface area contributed by atoms with Crippen molar-refractivity contribution in [2.75, 3.05) is 13.1 Å². The van der Waals surface area contributed by atoms with Gasteiger partial charge >= 0.3 is 0 Å². The maximum absolute atomic E-state index is 6.28. The molecule has 0 spiro atoms. The lowest BCUT2D eigenvalue weighted by Gasteiger charge is -2.12. The molecule has 1 aliphatic rings. The molecule has 0 amide bonds. The zero-order valence-corrected chi connectivity index (χ0v) is 12.7. The van der Waals surface area contributed by atoms with E-state index in [1.807, 2.05) is 24.7 Å². The van der Waals surface area contributed by atoms with Crippen LogP contribution in [0.1, 0.15) is 12.8 Å². The molecular weight excluding hydrogens is 293 g/mol. The van der Waals surface area contributed by atoms with Gasteiger partial charge in [0.1, 0.15) is 0 Å². The number of aryl methyl sites for hydroxylation is 1. The molecular formula is C15H17Cl2N3. The van der Waals surface area contributed by atoms with E-state index in [0.717, 1.165) is 43.2 Å². The summed E-state index contributed by atoms with van der Waals surface area (Å²) in [5, 5.41) is 4.80. The molecule has 1 fully saturated rings. The summed E-state index contributed by atoms with van der Waals surface area (Å²) in [4.78, 5) is 4.26. The Kier molecular flexibility index (Phi) is 4.29. The van der Waals surface area contributed by atoms with E-state index in [4.69, 9.17) is 23.2 Å². The Morgan fingerprint density at radius 1 is 1.35 bits per heavy atom. The van der Waals surface area contributed by atoms with Gasteiger partial charge in [-0.05, 0) is 50.0 Å². The van der Waals surface area contributed by atoms with E-state index in [-0.39, 0.29) is 0 Å². The molecule has 5 heteroatoms. The second-order valence-electron chi connectivity index (χ2n) is 5.24. The molecule has 1 aliphatic heterocycles. The molecule has 20 heavy (non-hydrogen) atoms. The van der Waals surface area contributed by atoms with Gasteiger partial charge in [0.25, 0.3) is 0 Å². The summed E-state index contributed by atoms with van der Waals surface area (Å²) in [5.74, 6) is 0.764. The minimum Gasteiger partial charge on any atom is -0.331 e. The molecule has 3 nitrogen and oxygen atoms in total. The fourth-order valence-electron chi connectivity index (χ4n) is 2.70. The SMILES string of the molecule is Clc1ccc(Cl)c(-c2cncn2CCC2CCNC2)c1. The highest BCUT2D eigenvalue weighted by Crippen LogP contribution is 2.30. The Labute approximate surface area is 128 Å². The molecule has 3 rings (SSSR count). The van der Waals surface area contributed by atoms with E-state index in [9.17, 15) is 0 Å². The van der Waals surface area contributed by atoms with Crippen LogP contribution in [0.4, 0.5) is 0 Å². The monoisotopic (exact) mass is 309 g/mol. The third-order valence-electron chi connectivity index (χ3n) is 3.86. The van der Waals surface area contributed by atoms with Crippen LogP contribution >= 0.6 is 23.2 Å². The number of halogens is 2. The van der Waals surface area contributed by atoms with Gasteiger partial charge in [-0.25, -0.2) is 4.98 Å². The molecule has 2 heterocycles. The van der Waals surface area contributed by atoms with Crippen molar-refractivity contribution in [1.29, 1.82) is 0 Å². The molecule has 1 N–H and O–H groups in total. The van der Waals surface area contributed by atoms with Crippen LogP contribution in [-0.4, -0.2) is 22.6 Å². The molecule has 1 unspecified atom stereocenters. The van der Waals surface area contributed by atoms with Crippen LogP contribution in [0.5, 0.6) is 0 Å². The predicted octanol–water partition coefficient (Wildman–Crippen LogP) is 3.86. The molecule has 1 atom stereocenters. The maximum atomic E-state index is 6.28. The molecule has 1 aromatic heterocycles. The number of hydrogen-bond acceptors (Lipinski definition) is 2. The number of benzene rings is 1. The normalized spacial score (nSPS) is 18.6. The number of hydrogen-bond donors (Lipinski definition) is 1. The van der Waals surface area contributed by atoms with Gasteiger partial charge < -0.3 is 9.88 Å².